The number of nitrogens with zero attached hydrogens (tertiary/aromatic N) is 2. The second-order valence-corrected chi connectivity index (χ2v) is 5.94. The second-order valence-electron chi connectivity index (χ2n) is 5.15. The van der Waals surface area contributed by atoms with Crippen LogP contribution in [0.5, 0.6) is 0 Å². The number of aromatic nitrogens is 2. The van der Waals surface area contributed by atoms with E-state index in [1.807, 2.05) is 0 Å². The molecule has 2 rings (SSSR count). The third-order valence-electron chi connectivity index (χ3n) is 3.63. The molecule has 1 saturated carbocycles. The number of amides is 1. The molecule has 0 radical (unpaired) electrons. The fraction of sp³-hybridized carbons (Fsp3) is 0.692. The smallest absolute Gasteiger partial charge is 0.283 e. The van der Waals surface area contributed by atoms with E-state index in [1.165, 1.54) is 11.1 Å². The molecule has 7 heteroatoms. The summed E-state index contributed by atoms with van der Waals surface area (Å²) in [7, 11) is 0. The number of alkyl halides is 2. The average Bonchev–Trinajstić information content (AvgIpc) is 2.68. The molecule has 112 valence electrons. The van der Waals surface area contributed by atoms with E-state index in [2.05, 4.69) is 26.3 Å². The Bertz CT molecular complexity index is 484. The Morgan fingerprint density at radius 2 is 2.10 bits per heavy atom. The highest BCUT2D eigenvalue weighted by Crippen LogP contribution is 2.28. The predicted octanol–water partition coefficient (Wildman–Crippen LogP) is 3.34. The van der Waals surface area contributed by atoms with Gasteiger partial charge in [0.05, 0.1) is 10.2 Å². The van der Waals surface area contributed by atoms with Crippen LogP contribution in [-0.2, 0) is 11.3 Å². The Labute approximate surface area is 125 Å². The number of carbonyl (C=O) groups excluding carboxylic acids is 1. The van der Waals surface area contributed by atoms with Gasteiger partial charge in [-0.3, -0.25) is 9.48 Å². The third-order valence-corrected chi connectivity index (χ3v) is 4.61. The molecule has 1 aliphatic carbocycles. The van der Waals surface area contributed by atoms with Crippen LogP contribution in [-0.4, -0.2) is 21.7 Å². The molecule has 0 unspecified atom stereocenters. The number of nitrogens with one attached hydrogen (secondary N) is 1. The van der Waals surface area contributed by atoms with Crippen molar-refractivity contribution in [3.63, 3.8) is 0 Å². The molecule has 0 atom stereocenters. The van der Waals surface area contributed by atoms with Crippen molar-refractivity contribution in [1.82, 2.24) is 15.1 Å². The normalized spacial score (nSPS) is 16.6. The summed E-state index contributed by atoms with van der Waals surface area (Å²) in [6.07, 6.45) is 2.83. The zero-order valence-electron chi connectivity index (χ0n) is 11.3. The van der Waals surface area contributed by atoms with Crippen molar-refractivity contribution in [3.8, 4) is 0 Å². The van der Waals surface area contributed by atoms with E-state index in [4.69, 9.17) is 0 Å². The van der Waals surface area contributed by atoms with E-state index in [1.54, 1.807) is 6.92 Å². The Morgan fingerprint density at radius 3 is 2.65 bits per heavy atom. The lowest BCUT2D eigenvalue weighted by Crippen LogP contribution is -2.38. The summed E-state index contributed by atoms with van der Waals surface area (Å²) in [6, 6.07) is 0.213. The van der Waals surface area contributed by atoms with E-state index in [9.17, 15) is 13.6 Å². The molecule has 1 aliphatic rings. The van der Waals surface area contributed by atoms with Crippen LogP contribution in [0.2, 0.25) is 0 Å². The number of carbonyl (C=O) groups is 1. The second kappa shape index (κ2) is 6.65. The van der Waals surface area contributed by atoms with Gasteiger partial charge in [-0.1, -0.05) is 19.3 Å². The molecular formula is C13H18BrF2N3O. The summed E-state index contributed by atoms with van der Waals surface area (Å²) in [5.41, 5.74) is 0.229. The molecule has 0 aliphatic heterocycles. The summed E-state index contributed by atoms with van der Waals surface area (Å²) in [5.74, 6) is -0.171. The molecule has 4 nitrogen and oxygen atoms in total. The molecule has 1 fully saturated rings. The molecule has 0 saturated heterocycles. The molecule has 1 heterocycles. The lowest BCUT2D eigenvalue weighted by molar-refractivity contribution is -0.122. The fourth-order valence-corrected chi connectivity index (χ4v) is 2.95. The quantitative estimate of drug-likeness (QED) is 0.905. The minimum atomic E-state index is -2.65. The van der Waals surface area contributed by atoms with E-state index in [0.717, 1.165) is 25.7 Å². The summed E-state index contributed by atoms with van der Waals surface area (Å²) in [4.78, 5) is 11.9. The predicted molar refractivity (Wildman–Crippen MR) is 74.6 cm³/mol. The van der Waals surface area contributed by atoms with Crippen molar-refractivity contribution < 1.29 is 13.6 Å². The first-order valence-corrected chi connectivity index (χ1v) is 7.58. The Morgan fingerprint density at radius 1 is 1.45 bits per heavy atom. The van der Waals surface area contributed by atoms with Gasteiger partial charge in [0.15, 0.2) is 0 Å². The largest absolute Gasteiger partial charge is 0.352 e. The van der Waals surface area contributed by atoms with Gasteiger partial charge >= 0.3 is 0 Å². The third kappa shape index (κ3) is 3.56. The molecule has 0 spiro atoms. The lowest BCUT2D eigenvalue weighted by Gasteiger charge is -2.22. The highest BCUT2D eigenvalue weighted by Gasteiger charge is 2.22. The summed E-state index contributed by atoms with van der Waals surface area (Å²) in [5, 5.41) is 6.75. The van der Waals surface area contributed by atoms with Crippen LogP contribution in [0.1, 0.15) is 49.9 Å². The van der Waals surface area contributed by atoms with Crippen LogP contribution in [0, 0.1) is 6.92 Å². The molecule has 1 aromatic rings. The van der Waals surface area contributed by atoms with Gasteiger partial charge in [-0.15, -0.1) is 0 Å². The molecular weight excluding hydrogens is 332 g/mol. The van der Waals surface area contributed by atoms with Crippen molar-refractivity contribution in [2.24, 2.45) is 0 Å². The minimum Gasteiger partial charge on any atom is -0.352 e. The van der Waals surface area contributed by atoms with Crippen molar-refractivity contribution in [2.75, 3.05) is 0 Å². The van der Waals surface area contributed by atoms with Crippen molar-refractivity contribution in [3.05, 3.63) is 15.9 Å². The van der Waals surface area contributed by atoms with Crippen LogP contribution < -0.4 is 5.32 Å². The number of hydrogen-bond acceptors (Lipinski definition) is 2. The summed E-state index contributed by atoms with van der Waals surface area (Å²) < 4.78 is 27.0. The van der Waals surface area contributed by atoms with E-state index >= 15 is 0 Å². The van der Waals surface area contributed by atoms with Gasteiger partial charge in [-0.2, -0.15) is 5.10 Å². The Kier molecular flexibility index (Phi) is 5.12. The summed E-state index contributed by atoms with van der Waals surface area (Å²) in [6.45, 7) is 1.64. The minimum absolute atomic E-state index is 0.0202. The van der Waals surface area contributed by atoms with Gasteiger partial charge < -0.3 is 5.32 Å². The van der Waals surface area contributed by atoms with E-state index in [-0.39, 0.29) is 28.7 Å². The molecule has 0 bridgehead atoms. The topological polar surface area (TPSA) is 46.9 Å². The van der Waals surface area contributed by atoms with Gasteiger partial charge in [0.1, 0.15) is 12.2 Å². The highest BCUT2D eigenvalue weighted by atomic mass is 79.9. The maximum Gasteiger partial charge on any atom is 0.283 e. The first-order valence-electron chi connectivity index (χ1n) is 6.79. The standard InChI is InChI=1S/C13H18BrF2N3O/c1-8-11(14)12(13(15)16)18-19(8)7-10(20)17-9-5-3-2-4-6-9/h9,13H,2-7H2,1H3,(H,17,20). The van der Waals surface area contributed by atoms with E-state index in [0.29, 0.717) is 5.69 Å². The highest BCUT2D eigenvalue weighted by molar-refractivity contribution is 9.10. The van der Waals surface area contributed by atoms with Gasteiger partial charge in [0.2, 0.25) is 5.91 Å². The average molecular weight is 350 g/mol. The maximum absolute atomic E-state index is 12.7. The van der Waals surface area contributed by atoms with Gasteiger partial charge in [-0.05, 0) is 35.7 Å². The molecule has 1 amide bonds. The molecule has 20 heavy (non-hydrogen) atoms. The van der Waals surface area contributed by atoms with Crippen LogP contribution in [0.4, 0.5) is 8.78 Å². The number of rotatable bonds is 4. The van der Waals surface area contributed by atoms with Gasteiger partial charge in [0, 0.05) is 6.04 Å². The van der Waals surface area contributed by atoms with Crippen molar-refractivity contribution in [2.45, 2.75) is 58.0 Å². The zero-order valence-corrected chi connectivity index (χ0v) is 12.9. The van der Waals surface area contributed by atoms with Crippen LogP contribution in [0.15, 0.2) is 4.47 Å². The molecule has 1 N–H and O–H groups in total. The summed E-state index contributed by atoms with van der Waals surface area (Å²) >= 11 is 3.10. The van der Waals surface area contributed by atoms with Gasteiger partial charge in [-0.25, -0.2) is 8.78 Å². The Balaban J connectivity index is 1.98. The monoisotopic (exact) mass is 349 g/mol. The number of halogens is 3. The molecule has 0 aromatic carbocycles. The van der Waals surface area contributed by atoms with Crippen molar-refractivity contribution >= 4 is 21.8 Å². The SMILES string of the molecule is Cc1c(Br)c(C(F)F)nn1CC(=O)NC1CCCCC1. The first-order chi connectivity index (χ1) is 9.49. The van der Waals surface area contributed by atoms with E-state index < -0.39 is 6.43 Å². The van der Waals surface area contributed by atoms with Gasteiger partial charge in [0.25, 0.3) is 6.43 Å². The van der Waals surface area contributed by atoms with Crippen LogP contribution in [0.3, 0.4) is 0 Å². The fourth-order valence-electron chi connectivity index (χ4n) is 2.50. The van der Waals surface area contributed by atoms with Crippen molar-refractivity contribution in [1.29, 1.82) is 0 Å². The maximum atomic E-state index is 12.7. The molecule has 1 aromatic heterocycles. The van der Waals surface area contributed by atoms with Crippen LogP contribution >= 0.6 is 15.9 Å². The lowest BCUT2D eigenvalue weighted by atomic mass is 9.95. The van der Waals surface area contributed by atoms with Crippen LogP contribution in [0.25, 0.3) is 0 Å². The zero-order chi connectivity index (χ0) is 14.7. The first kappa shape index (κ1) is 15.4. The Hall–Kier alpha value is -0.980. The number of hydrogen-bond donors (Lipinski definition) is 1.